The number of fused-ring (bicyclic) bond motifs is 1. The number of rotatable bonds is 7. The molecule has 1 saturated heterocycles. The second-order valence-corrected chi connectivity index (χ2v) is 17.8. The van der Waals surface area contributed by atoms with Gasteiger partial charge in [-0.1, -0.05) is 53.7 Å². The molecular formula is C31H46FNO4Si. The van der Waals surface area contributed by atoms with Crippen molar-refractivity contribution in [3.8, 4) is 11.5 Å². The maximum absolute atomic E-state index is 13.4. The van der Waals surface area contributed by atoms with Gasteiger partial charge < -0.3 is 19.4 Å². The van der Waals surface area contributed by atoms with Gasteiger partial charge in [-0.25, -0.2) is 4.39 Å². The molecule has 2 aliphatic rings. The van der Waals surface area contributed by atoms with Crippen LogP contribution in [0.3, 0.4) is 0 Å². The van der Waals surface area contributed by atoms with E-state index in [2.05, 4.69) is 60.3 Å². The van der Waals surface area contributed by atoms with Gasteiger partial charge in [-0.2, -0.15) is 0 Å². The smallest absolute Gasteiger partial charge is 0.258 e. The first-order chi connectivity index (χ1) is 17.8. The fourth-order valence-electron chi connectivity index (χ4n) is 7.12. The monoisotopic (exact) mass is 543 g/mol. The van der Waals surface area contributed by atoms with Gasteiger partial charge in [-0.05, 0) is 72.6 Å². The van der Waals surface area contributed by atoms with Crippen LogP contribution in [0.4, 0.5) is 4.39 Å². The van der Waals surface area contributed by atoms with Gasteiger partial charge in [0.05, 0.1) is 11.6 Å². The van der Waals surface area contributed by atoms with Crippen molar-refractivity contribution in [1.29, 1.82) is 0 Å². The first kappa shape index (κ1) is 29.1. The molecule has 2 N–H and O–H groups in total. The third-order valence-corrected chi connectivity index (χ3v) is 15.2. The Morgan fingerprint density at radius 3 is 2.08 bits per heavy atom. The summed E-state index contributed by atoms with van der Waals surface area (Å²) in [5.74, 6) is 1.36. The number of aliphatic hydroxyl groups is 2. The van der Waals surface area contributed by atoms with Crippen molar-refractivity contribution in [3.63, 3.8) is 0 Å². The Hall–Kier alpha value is -1.93. The van der Waals surface area contributed by atoms with Crippen molar-refractivity contribution in [2.24, 2.45) is 0 Å². The minimum Gasteiger partial charge on any atom is -0.542 e. The molecule has 2 aromatic rings. The molecule has 0 aliphatic carbocycles. The predicted molar refractivity (Wildman–Crippen MR) is 153 cm³/mol. The predicted octanol–water partition coefficient (Wildman–Crippen LogP) is 6.77. The first-order valence-electron chi connectivity index (χ1n) is 14.2. The zero-order chi connectivity index (χ0) is 28.0. The van der Waals surface area contributed by atoms with E-state index < -0.39 is 20.0 Å². The average Bonchev–Trinajstić information content (AvgIpc) is 2.85. The molecule has 2 aliphatic heterocycles. The van der Waals surface area contributed by atoms with Gasteiger partial charge in [-0.15, -0.1) is 0 Å². The molecule has 0 saturated carbocycles. The molecule has 0 bridgehead atoms. The molecule has 7 heteroatoms. The van der Waals surface area contributed by atoms with Crippen molar-refractivity contribution in [1.82, 2.24) is 4.90 Å². The molecular weight excluding hydrogens is 497 g/mol. The Morgan fingerprint density at radius 2 is 1.55 bits per heavy atom. The summed E-state index contributed by atoms with van der Waals surface area (Å²) in [6.07, 6.45) is 0.349. The van der Waals surface area contributed by atoms with E-state index in [-0.39, 0.29) is 11.9 Å². The van der Waals surface area contributed by atoms with E-state index in [1.165, 1.54) is 12.1 Å². The van der Waals surface area contributed by atoms with Gasteiger partial charge >= 0.3 is 0 Å². The Bertz CT molecular complexity index is 1100. The third-order valence-electron chi connectivity index (χ3n) is 9.22. The van der Waals surface area contributed by atoms with E-state index in [4.69, 9.17) is 9.16 Å². The lowest BCUT2D eigenvalue weighted by Crippen LogP contribution is -2.52. The maximum atomic E-state index is 13.4. The summed E-state index contributed by atoms with van der Waals surface area (Å²) >= 11 is 0. The van der Waals surface area contributed by atoms with Gasteiger partial charge in [0.15, 0.2) is 0 Å². The standard InChI is InChI=1S/C31H46FNO4Si/c1-19(2)38(20(3)4,21(5)6)37-29-22(7)17-26-28(34)27(18-36-30(26)23(29)8)33-15-13-31(35,14-16-33)24-9-11-25(32)12-10-24/h9-12,17,19-21,27-28,34-35H,13-16,18H2,1-8H3. The second-order valence-electron chi connectivity index (χ2n) is 12.4. The Balaban J connectivity index is 1.55. The number of aliphatic hydroxyl groups excluding tert-OH is 1. The highest BCUT2D eigenvalue weighted by Crippen LogP contribution is 2.48. The van der Waals surface area contributed by atoms with E-state index in [9.17, 15) is 14.6 Å². The van der Waals surface area contributed by atoms with Gasteiger partial charge in [0.2, 0.25) is 0 Å². The van der Waals surface area contributed by atoms with E-state index >= 15 is 0 Å². The molecule has 2 atom stereocenters. The van der Waals surface area contributed by atoms with E-state index in [1.54, 1.807) is 12.1 Å². The lowest BCUT2D eigenvalue weighted by Gasteiger charge is -2.45. The molecule has 0 radical (unpaired) electrons. The Kier molecular flexibility index (Phi) is 8.35. The van der Waals surface area contributed by atoms with Crippen LogP contribution in [0.25, 0.3) is 0 Å². The third kappa shape index (κ3) is 5.03. The van der Waals surface area contributed by atoms with Crippen LogP contribution in [0.2, 0.25) is 16.6 Å². The number of nitrogens with zero attached hydrogens (tertiary/aromatic N) is 1. The van der Waals surface area contributed by atoms with Crippen LogP contribution in [0.5, 0.6) is 11.5 Å². The lowest BCUT2D eigenvalue weighted by atomic mass is 9.83. The zero-order valence-corrected chi connectivity index (χ0v) is 25.3. The fraction of sp³-hybridized carbons (Fsp3) is 0.613. The van der Waals surface area contributed by atoms with Crippen molar-refractivity contribution in [2.75, 3.05) is 19.7 Å². The van der Waals surface area contributed by atoms with Crippen molar-refractivity contribution in [2.45, 2.75) is 103 Å². The fourth-order valence-corrected chi connectivity index (χ4v) is 12.5. The number of hydrogen-bond donors (Lipinski definition) is 2. The summed E-state index contributed by atoms with van der Waals surface area (Å²) in [7, 11) is -2.15. The highest BCUT2D eigenvalue weighted by molar-refractivity contribution is 6.78. The van der Waals surface area contributed by atoms with Gasteiger partial charge in [-0.3, -0.25) is 4.90 Å². The summed E-state index contributed by atoms with van der Waals surface area (Å²) < 4.78 is 26.8. The molecule has 1 fully saturated rings. The molecule has 210 valence electrons. The van der Waals surface area contributed by atoms with Gasteiger partial charge in [0.25, 0.3) is 8.32 Å². The zero-order valence-electron chi connectivity index (χ0n) is 24.3. The molecule has 4 rings (SSSR count). The van der Waals surface area contributed by atoms with Crippen LogP contribution in [0.1, 0.15) is 82.7 Å². The van der Waals surface area contributed by atoms with Crippen LogP contribution < -0.4 is 9.16 Å². The minimum atomic E-state index is -2.15. The van der Waals surface area contributed by atoms with E-state index in [0.717, 1.165) is 33.8 Å². The Morgan fingerprint density at radius 1 is 1.00 bits per heavy atom. The first-order valence-corrected chi connectivity index (χ1v) is 16.3. The molecule has 2 aromatic carbocycles. The van der Waals surface area contributed by atoms with E-state index in [1.807, 2.05) is 6.07 Å². The summed E-state index contributed by atoms with van der Waals surface area (Å²) in [6, 6.07) is 7.98. The SMILES string of the molecule is Cc1cc2c(c(C)c1O[Si](C(C)C)(C(C)C)C(C)C)OCC(N1CCC(O)(c3ccc(F)cc3)CC1)C2O. The van der Waals surface area contributed by atoms with Gasteiger partial charge in [0, 0.05) is 24.2 Å². The van der Waals surface area contributed by atoms with Crippen LogP contribution in [-0.4, -0.2) is 49.2 Å². The largest absolute Gasteiger partial charge is 0.542 e. The molecule has 0 aromatic heterocycles. The van der Waals surface area contributed by atoms with Crippen molar-refractivity contribution < 1.29 is 23.8 Å². The van der Waals surface area contributed by atoms with Crippen molar-refractivity contribution >= 4 is 8.32 Å². The van der Waals surface area contributed by atoms with Crippen molar-refractivity contribution in [3.05, 3.63) is 58.4 Å². The van der Waals surface area contributed by atoms with Crippen LogP contribution in [0.15, 0.2) is 30.3 Å². The molecule has 38 heavy (non-hydrogen) atoms. The molecule has 0 amide bonds. The lowest BCUT2D eigenvalue weighted by molar-refractivity contribution is -0.0666. The number of halogens is 1. The molecule has 2 unspecified atom stereocenters. The molecule has 0 spiro atoms. The van der Waals surface area contributed by atoms with Crippen LogP contribution >= 0.6 is 0 Å². The number of likely N-dealkylation sites (tertiary alicyclic amines) is 1. The number of piperidine rings is 1. The summed E-state index contributed by atoms with van der Waals surface area (Å²) in [5, 5.41) is 22.8. The average molecular weight is 544 g/mol. The molecule has 2 heterocycles. The van der Waals surface area contributed by atoms with Crippen LogP contribution in [-0.2, 0) is 5.60 Å². The summed E-state index contributed by atoms with van der Waals surface area (Å²) in [6.45, 7) is 19.5. The molecule has 5 nitrogen and oxygen atoms in total. The summed E-state index contributed by atoms with van der Waals surface area (Å²) in [4.78, 5) is 2.22. The quantitative estimate of drug-likeness (QED) is 0.377. The number of hydrogen-bond acceptors (Lipinski definition) is 5. The summed E-state index contributed by atoms with van der Waals surface area (Å²) in [5.41, 5.74) is 3.96. The van der Waals surface area contributed by atoms with E-state index in [0.29, 0.717) is 49.2 Å². The Labute approximate surface area is 229 Å². The highest BCUT2D eigenvalue weighted by Gasteiger charge is 2.48. The highest BCUT2D eigenvalue weighted by atomic mass is 28.4. The van der Waals surface area contributed by atoms with Gasteiger partial charge in [0.1, 0.15) is 30.0 Å². The minimum absolute atomic E-state index is 0.193. The number of benzene rings is 2. The topological polar surface area (TPSA) is 62.2 Å². The maximum Gasteiger partial charge on any atom is 0.258 e. The second kappa shape index (κ2) is 10.9. The normalized spacial score (nSPS) is 22.1. The van der Waals surface area contributed by atoms with Crippen LogP contribution in [0, 0.1) is 19.7 Å². The number of aryl methyl sites for hydroxylation is 1. The number of ether oxygens (including phenoxy) is 1.